The second-order valence-electron chi connectivity index (χ2n) is 4.81. The van der Waals surface area contributed by atoms with E-state index in [1.54, 1.807) is 11.3 Å². The number of aliphatic hydroxyl groups excluding tert-OH is 1. The van der Waals surface area contributed by atoms with Gasteiger partial charge in [0.15, 0.2) is 0 Å². The molecular formula is C16H19BrOS. The molecule has 1 nitrogen and oxygen atoms in total. The van der Waals surface area contributed by atoms with Crippen molar-refractivity contribution in [2.75, 3.05) is 0 Å². The van der Waals surface area contributed by atoms with Crippen LogP contribution in [0.25, 0.3) is 0 Å². The molecule has 1 heterocycles. The van der Waals surface area contributed by atoms with Crippen LogP contribution in [0.15, 0.2) is 45.6 Å². The van der Waals surface area contributed by atoms with Crippen LogP contribution in [0.2, 0.25) is 0 Å². The summed E-state index contributed by atoms with van der Waals surface area (Å²) in [7, 11) is 0. The summed E-state index contributed by atoms with van der Waals surface area (Å²) in [6.45, 7) is 4.31. The molecule has 0 aliphatic carbocycles. The first-order valence-corrected chi connectivity index (χ1v) is 8.34. The van der Waals surface area contributed by atoms with Crippen LogP contribution in [-0.4, -0.2) is 5.11 Å². The molecular weight excluding hydrogens is 320 g/mol. The molecule has 0 bridgehead atoms. The smallest absolute Gasteiger partial charge is 0.0905 e. The largest absolute Gasteiger partial charge is 0.387 e. The third kappa shape index (κ3) is 2.64. The number of aliphatic hydroxyl groups is 1. The van der Waals surface area contributed by atoms with Crippen LogP contribution in [-0.2, 0) is 5.41 Å². The van der Waals surface area contributed by atoms with E-state index < -0.39 is 6.10 Å². The molecule has 0 aliphatic heterocycles. The van der Waals surface area contributed by atoms with Gasteiger partial charge in [-0.3, -0.25) is 0 Å². The maximum Gasteiger partial charge on any atom is 0.0905 e. The molecule has 1 atom stereocenters. The minimum Gasteiger partial charge on any atom is -0.387 e. The highest BCUT2D eigenvalue weighted by Crippen LogP contribution is 2.45. The van der Waals surface area contributed by atoms with E-state index in [1.165, 1.54) is 5.56 Å². The van der Waals surface area contributed by atoms with Gasteiger partial charge in [0, 0.05) is 20.8 Å². The van der Waals surface area contributed by atoms with Crippen molar-refractivity contribution in [2.45, 2.75) is 38.2 Å². The van der Waals surface area contributed by atoms with Gasteiger partial charge in [0.05, 0.1) is 6.10 Å². The van der Waals surface area contributed by atoms with Crippen LogP contribution in [0.4, 0.5) is 0 Å². The lowest BCUT2D eigenvalue weighted by molar-refractivity contribution is 0.0725. The summed E-state index contributed by atoms with van der Waals surface area (Å²) < 4.78 is 1.01. The van der Waals surface area contributed by atoms with Gasteiger partial charge in [0.25, 0.3) is 0 Å². The van der Waals surface area contributed by atoms with E-state index in [1.807, 2.05) is 29.0 Å². The normalized spacial score (nSPS) is 13.5. The van der Waals surface area contributed by atoms with Crippen LogP contribution < -0.4 is 0 Å². The van der Waals surface area contributed by atoms with Crippen molar-refractivity contribution in [1.29, 1.82) is 0 Å². The quantitative estimate of drug-likeness (QED) is 0.783. The van der Waals surface area contributed by atoms with E-state index in [0.29, 0.717) is 0 Å². The average molecular weight is 339 g/mol. The zero-order chi connectivity index (χ0) is 13.9. The number of thiophene rings is 1. The van der Waals surface area contributed by atoms with Gasteiger partial charge in [-0.2, -0.15) is 11.3 Å². The lowest BCUT2D eigenvalue weighted by atomic mass is 9.70. The summed E-state index contributed by atoms with van der Waals surface area (Å²) in [6, 6.07) is 10.4. The van der Waals surface area contributed by atoms with Crippen LogP contribution in [0.5, 0.6) is 0 Å². The van der Waals surface area contributed by atoms with Gasteiger partial charge in [-0.15, -0.1) is 0 Å². The highest BCUT2D eigenvalue weighted by molar-refractivity contribution is 9.10. The lowest BCUT2D eigenvalue weighted by Gasteiger charge is -2.37. The zero-order valence-electron chi connectivity index (χ0n) is 11.3. The first-order valence-electron chi connectivity index (χ1n) is 6.61. The van der Waals surface area contributed by atoms with Crippen molar-refractivity contribution in [3.8, 4) is 0 Å². The van der Waals surface area contributed by atoms with Crippen molar-refractivity contribution in [2.24, 2.45) is 0 Å². The number of hydrogen-bond acceptors (Lipinski definition) is 2. The molecule has 0 saturated carbocycles. The average Bonchev–Trinajstić information content (AvgIpc) is 2.88. The Balaban J connectivity index is 2.48. The summed E-state index contributed by atoms with van der Waals surface area (Å²) in [5.74, 6) is 0. The van der Waals surface area contributed by atoms with Crippen LogP contribution in [0.1, 0.15) is 43.9 Å². The van der Waals surface area contributed by atoms with Crippen molar-refractivity contribution in [3.05, 3.63) is 56.7 Å². The third-order valence-corrected chi connectivity index (χ3v) is 5.82. The Hall–Kier alpha value is -0.640. The van der Waals surface area contributed by atoms with Crippen molar-refractivity contribution < 1.29 is 5.11 Å². The Morgan fingerprint density at radius 2 is 1.79 bits per heavy atom. The maximum atomic E-state index is 10.9. The minimum absolute atomic E-state index is 0.217. The standard InChI is InChI=1S/C16H19BrOS/c1-3-16(4-2,12-8-6-5-7-9-12)15(18)13-10-19-11-14(13)17/h5-11,15,18H,3-4H2,1-2H3. The molecule has 102 valence electrons. The van der Waals surface area contributed by atoms with Crippen molar-refractivity contribution in [3.63, 3.8) is 0 Å². The van der Waals surface area contributed by atoms with Crippen LogP contribution in [0, 0.1) is 0 Å². The Morgan fingerprint density at radius 3 is 2.26 bits per heavy atom. The van der Waals surface area contributed by atoms with Gasteiger partial charge in [-0.1, -0.05) is 44.2 Å². The molecule has 1 aromatic carbocycles. The lowest BCUT2D eigenvalue weighted by Crippen LogP contribution is -2.32. The fourth-order valence-corrected chi connectivity index (χ4v) is 4.29. The molecule has 0 spiro atoms. The summed E-state index contributed by atoms with van der Waals surface area (Å²) >= 11 is 5.16. The first-order chi connectivity index (χ1) is 9.15. The highest BCUT2D eigenvalue weighted by atomic mass is 79.9. The van der Waals surface area contributed by atoms with E-state index in [2.05, 4.69) is 41.9 Å². The molecule has 1 unspecified atom stereocenters. The topological polar surface area (TPSA) is 20.2 Å². The molecule has 0 saturated heterocycles. The van der Waals surface area contributed by atoms with E-state index >= 15 is 0 Å². The molecule has 2 aromatic rings. The molecule has 3 heteroatoms. The second-order valence-corrected chi connectivity index (χ2v) is 6.40. The molecule has 0 amide bonds. The minimum atomic E-state index is -0.481. The van der Waals surface area contributed by atoms with Crippen LogP contribution in [0.3, 0.4) is 0 Å². The molecule has 1 aromatic heterocycles. The maximum absolute atomic E-state index is 10.9. The Bertz CT molecular complexity index is 517. The number of rotatable bonds is 5. The van der Waals surface area contributed by atoms with Gasteiger partial charge in [-0.05, 0) is 39.7 Å². The number of hydrogen-bond donors (Lipinski definition) is 1. The first kappa shape index (κ1) is 14.8. The van der Waals surface area contributed by atoms with Crippen molar-refractivity contribution >= 4 is 27.3 Å². The van der Waals surface area contributed by atoms with Crippen LogP contribution >= 0.6 is 27.3 Å². The number of halogens is 1. The van der Waals surface area contributed by atoms with E-state index in [9.17, 15) is 5.11 Å². The highest BCUT2D eigenvalue weighted by Gasteiger charge is 2.38. The predicted octanol–water partition coefficient (Wildman–Crippen LogP) is 5.30. The number of benzene rings is 1. The molecule has 0 fully saturated rings. The van der Waals surface area contributed by atoms with Gasteiger partial charge >= 0.3 is 0 Å². The Kier molecular flexibility index (Phi) is 4.82. The van der Waals surface area contributed by atoms with Gasteiger partial charge < -0.3 is 5.11 Å². The monoisotopic (exact) mass is 338 g/mol. The van der Waals surface area contributed by atoms with Gasteiger partial charge in [0.1, 0.15) is 0 Å². The Morgan fingerprint density at radius 1 is 1.16 bits per heavy atom. The fraction of sp³-hybridized carbons (Fsp3) is 0.375. The van der Waals surface area contributed by atoms with E-state index in [0.717, 1.165) is 22.9 Å². The molecule has 1 N–H and O–H groups in total. The van der Waals surface area contributed by atoms with Gasteiger partial charge in [-0.25, -0.2) is 0 Å². The molecule has 0 radical (unpaired) electrons. The summed E-state index contributed by atoms with van der Waals surface area (Å²) in [6.07, 6.45) is 1.35. The summed E-state index contributed by atoms with van der Waals surface area (Å²) in [5, 5.41) is 15.0. The summed E-state index contributed by atoms with van der Waals surface area (Å²) in [5.41, 5.74) is 1.99. The SMILES string of the molecule is CCC(CC)(c1ccccc1)C(O)c1cscc1Br. The summed E-state index contributed by atoms with van der Waals surface area (Å²) in [4.78, 5) is 0. The van der Waals surface area contributed by atoms with E-state index in [-0.39, 0.29) is 5.41 Å². The van der Waals surface area contributed by atoms with Crippen molar-refractivity contribution in [1.82, 2.24) is 0 Å². The fourth-order valence-electron chi connectivity index (χ4n) is 2.76. The molecule has 19 heavy (non-hydrogen) atoms. The van der Waals surface area contributed by atoms with E-state index in [4.69, 9.17) is 0 Å². The molecule has 2 rings (SSSR count). The van der Waals surface area contributed by atoms with Gasteiger partial charge in [0.2, 0.25) is 0 Å². The zero-order valence-corrected chi connectivity index (χ0v) is 13.7. The second kappa shape index (κ2) is 6.21. The molecule has 0 aliphatic rings. The third-order valence-electron chi connectivity index (χ3n) is 4.07. The Labute approximate surface area is 127 Å². The predicted molar refractivity (Wildman–Crippen MR) is 85.7 cm³/mol.